The molecule has 0 saturated carbocycles. The van der Waals surface area contributed by atoms with Crippen LogP contribution in [0.5, 0.6) is 0 Å². The van der Waals surface area contributed by atoms with Crippen LogP contribution in [0, 0.1) is 11.3 Å². The summed E-state index contributed by atoms with van der Waals surface area (Å²) in [6, 6.07) is 0.743. The monoisotopic (exact) mass is 241 g/mol. The van der Waals surface area contributed by atoms with Crippen molar-refractivity contribution in [3.05, 3.63) is 0 Å². The standard InChI is InChI=1S/C16H35N/c1-7-13-17-15(14(8-2)9-3)11-10-12-16(4,5)6/h14-15,17H,7-13H2,1-6H3. The third-order valence-corrected chi connectivity index (χ3v) is 3.72. The molecule has 0 spiro atoms. The van der Waals surface area contributed by atoms with E-state index < -0.39 is 0 Å². The lowest BCUT2D eigenvalue weighted by Gasteiger charge is -2.28. The molecule has 1 atom stereocenters. The van der Waals surface area contributed by atoms with Crippen LogP contribution in [-0.2, 0) is 0 Å². The highest BCUT2D eigenvalue weighted by molar-refractivity contribution is 4.76. The number of hydrogen-bond donors (Lipinski definition) is 1. The molecule has 0 bridgehead atoms. The van der Waals surface area contributed by atoms with Gasteiger partial charge in [0, 0.05) is 6.04 Å². The Morgan fingerprint density at radius 2 is 1.59 bits per heavy atom. The molecule has 1 nitrogen and oxygen atoms in total. The van der Waals surface area contributed by atoms with Crippen molar-refractivity contribution in [3.8, 4) is 0 Å². The lowest BCUT2D eigenvalue weighted by atomic mass is 9.85. The van der Waals surface area contributed by atoms with Gasteiger partial charge in [-0.05, 0) is 37.1 Å². The molecule has 17 heavy (non-hydrogen) atoms. The molecule has 0 aliphatic heterocycles. The maximum absolute atomic E-state index is 3.76. The fourth-order valence-corrected chi connectivity index (χ4v) is 2.54. The van der Waals surface area contributed by atoms with E-state index in [1.54, 1.807) is 0 Å². The third-order valence-electron chi connectivity index (χ3n) is 3.72. The maximum Gasteiger partial charge on any atom is 0.00951 e. The fourth-order valence-electron chi connectivity index (χ4n) is 2.54. The van der Waals surface area contributed by atoms with Crippen LogP contribution in [0.15, 0.2) is 0 Å². The molecule has 0 heterocycles. The fraction of sp³-hybridized carbons (Fsp3) is 1.00. The molecule has 0 aromatic carbocycles. The van der Waals surface area contributed by atoms with E-state index >= 15 is 0 Å². The Morgan fingerprint density at radius 3 is 2.00 bits per heavy atom. The SMILES string of the molecule is CCCNC(CCCC(C)(C)C)C(CC)CC. The first-order valence-corrected chi connectivity index (χ1v) is 7.68. The molecular weight excluding hydrogens is 206 g/mol. The van der Waals surface area contributed by atoms with Crippen LogP contribution in [0.4, 0.5) is 0 Å². The van der Waals surface area contributed by atoms with Gasteiger partial charge in [0.1, 0.15) is 0 Å². The van der Waals surface area contributed by atoms with Gasteiger partial charge in [0.05, 0.1) is 0 Å². The van der Waals surface area contributed by atoms with Gasteiger partial charge in [-0.3, -0.25) is 0 Å². The molecule has 0 saturated heterocycles. The molecule has 1 heteroatoms. The minimum atomic E-state index is 0.489. The Hall–Kier alpha value is -0.0400. The van der Waals surface area contributed by atoms with Gasteiger partial charge in [0.2, 0.25) is 0 Å². The van der Waals surface area contributed by atoms with Crippen LogP contribution in [0.25, 0.3) is 0 Å². The van der Waals surface area contributed by atoms with E-state index in [-0.39, 0.29) is 0 Å². The van der Waals surface area contributed by atoms with Gasteiger partial charge in [-0.1, -0.05) is 60.8 Å². The van der Waals surface area contributed by atoms with E-state index in [1.165, 1.54) is 45.1 Å². The summed E-state index contributed by atoms with van der Waals surface area (Å²) in [5.74, 6) is 0.863. The van der Waals surface area contributed by atoms with Crippen molar-refractivity contribution in [2.75, 3.05) is 6.54 Å². The van der Waals surface area contributed by atoms with Gasteiger partial charge in [-0.15, -0.1) is 0 Å². The first-order chi connectivity index (χ1) is 7.94. The van der Waals surface area contributed by atoms with Crippen molar-refractivity contribution in [3.63, 3.8) is 0 Å². The highest BCUT2D eigenvalue weighted by Gasteiger charge is 2.18. The van der Waals surface area contributed by atoms with Crippen LogP contribution >= 0.6 is 0 Å². The van der Waals surface area contributed by atoms with Gasteiger partial charge in [0.15, 0.2) is 0 Å². The van der Waals surface area contributed by atoms with E-state index in [0.29, 0.717) is 5.41 Å². The zero-order chi connectivity index (χ0) is 13.3. The Labute approximate surface area is 110 Å². The molecule has 0 amide bonds. The van der Waals surface area contributed by atoms with Crippen LogP contribution < -0.4 is 5.32 Å². The summed E-state index contributed by atoms with van der Waals surface area (Å²) in [6.45, 7) is 15.1. The van der Waals surface area contributed by atoms with Gasteiger partial charge in [0.25, 0.3) is 0 Å². The minimum absolute atomic E-state index is 0.489. The third kappa shape index (κ3) is 8.65. The number of hydrogen-bond acceptors (Lipinski definition) is 1. The van der Waals surface area contributed by atoms with Crippen molar-refractivity contribution >= 4 is 0 Å². The molecule has 0 radical (unpaired) electrons. The predicted molar refractivity (Wildman–Crippen MR) is 79.5 cm³/mol. The van der Waals surface area contributed by atoms with Crippen LogP contribution in [0.2, 0.25) is 0 Å². The molecule has 0 fully saturated rings. The second-order valence-corrected chi connectivity index (χ2v) is 6.59. The zero-order valence-corrected chi connectivity index (χ0v) is 13.1. The second kappa shape index (κ2) is 8.97. The van der Waals surface area contributed by atoms with Crippen molar-refractivity contribution in [1.29, 1.82) is 0 Å². The van der Waals surface area contributed by atoms with Crippen molar-refractivity contribution in [2.45, 2.75) is 86.1 Å². The van der Waals surface area contributed by atoms with E-state index in [4.69, 9.17) is 0 Å². The maximum atomic E-state index is 3.76. The Balaban J connectivity index is 4.09. The number of rotatable bonds is 9. The molecule has 0 aliphatic carbocycles. The summed E-state index contributed by atoms with van der Waals surface area (Å²) in [6.07, 6.45) is 7.93. The van der Waals surface area contributed by atoms with Crippen LogP contribution in [0.1, 0.15) is 80.1 Å². The lowest BCUT2D eigenvalue weighted by molar-refractivity contribution is 0.286. The van der Waals surface area contributed by atoms with Gasteiger partial charge >= 0.3 is 0 Å². The average Bonchev–Trinajstić information content (AvgIpc) is 2.25. The van der Waals surface area contributed by atoms with Crippen molar-refractivity contribution < 1.29 is 0 Å². The normalized spacial score (nSPS) is 14.3. The molecule has 0 rings (SSSR count). The van der Waals surface area contributed by atoms with E-state index in [2.05, 4.69) is 46.9 Å². The zero-order valence-electron chi connectivity index (χ0n) is 13.1. The quantitative estimate of drug-likeness (QED) is 0.598. The Bertz CT molecular complexity index is 165. The first-order valence-electron chi connectivity index (χ1n) is 7.68. The van der Waals surface area contributed by atoms with Gasteiger partial charge in [-0.2, -0.15) is 0 Å². The lowest BCUT2D eigenvalue weighted by Crippen LogP contribution is -2.36. The molecular formula is C16H35N. The summed E-state index contributed by atoms with van der Waals surface area (Å²) < 4.78 is 0. The van der Waals surface area contributed by atoms with Crippen LogP contribution in [-0.4, -0.2) is 12.6 Å². The van der Waals surface area contributed by atoms with Gasteiger partial charge in [-0.25, -0.2) is 0 Å². The van der Waals surface area contributed by atoms with E-state index in [9.17, 15) is 0 Å². The summed E-state index contributed by atoms with van der Waals surface area (Å²) in [7, 11) is 0. The molecule has 104 valence electrons. The van der Waals surface area contributed by atoms with Gasteiger partial charge < -0.3 is 5.32 Å². The second-order valence-electron chi connectivity index (χ2n) is 6.59. The Morgan fingerprint density at radius 1 is 1.00 bits per heavy atom. The average molecular weight is 241 g/mol. The summed E-state index contributed by atoms with van der Waals surface area (Å²) >= 11 is 0. The highest BCUT2D eigenvalue weighted by atomic mass is 14.9. The van der Waals surface area contributed by atoms with E-state index in [1.807, 2.05) is 0 Å². The molecule has 0 aromatic rings. The Kier molecular flexibility index (Phi) is 8.94. The first kappa shape index (κ1) is 17.0. The molecule has 0 aromatic heterocycles. The number of nitrogens with one attached hydrogen (secondary N) is 1. The molecule has 1 N–H and O–H groups in total. The molecule has 0 aliphatic rings. The topological polar surface area (TPSA) is 12.0 Å². The molecule has 1 unspecified atom stereocenters. The van der Waals surface area contributed by atoms with Crippen molar-refractivity contribution in [2.24, 2.45) is 11.3 Å². The summed E-state index contributed by atoms with van der Waals surface area (Å²) in [4.78, 5) is 0. The highest BCUT2D eigenvalue weighted by Crippen LogP contribution is 2.24. The largest absolute Gasteiger partial charge is 0.314 e. The summed E-state index contributed by atoms with van der Waals surface area (Å²) in [5.41, 5.74) is 0.489. The smallest absolute Gasteiger partial charge is 0.00951 e. The summed E-state index contributed by atoms with van der Waals surface area (Å²) in [5, 5.41) is 3.76. The predicted octanol–water partition coefficient (Wildman–Crippen LogP) is 5.01. The van der Waals surface area contributed by atoms with Crippen molar-refractivity contribution in [1.82, 2.24) is 5.32 Å². The van der Waals surface area contributed by atoms with Crippen LogP contribution in [0.3, 0.4) is 0 Å². The van der Waals surface area contributed by atoms with E-state index in [0.717, 1.165) is 12.0 Å². The minimum Gasteiger partial charge on any atom is -0.314 e.